The van der Waals surface area contributed by atoms with E-state index < -0.39 is 0 Å². The largest absolute Gasteiger partial charge is 0.493 e. The Morgan fingerprint density at radius 2 is 2.05 bits per heavy atom. The van der Waals surface area contributed by atoms with E-state index in [1.165, 1.54) is 0 Å². The maximum absolute atomic E-state index is 11.5. The molecule has 0 radical (unpaired) electrons. The summed E-state index contributed by atoms with van der Waals surface area (Å²) in [5.41, 5.74) is 2.20. The van der Waals surface area contributed by atoms with Crippen molar-refractivity contribution in [2.75, 3.05) is 33.0 Å². The molecule has 0 atom stereocenters. The Bertz CT molecular complexity index is 420. The lowest BCUT2D eigenvalue weighted by Crippen LogP contribution is -2.28. The van der Waals surface area contributed by atoms with Gasteiger partial charge in [-0.2, -0.15) is 0 Å². The second-order valence-corrected chi connectivity index (χ2v) is 4.55. The zero-order chi connectivity index (χ0) is 14.8. The number of benzene rings is 1. The number of aliphatic hydroxyl groups excluding tert-OH is 1. The minimum absolute atomic E-state index is 0.00235. The molecule has 0 fully saturated rings. The van der Waals surface area contributed by atoms with Gasteiger partial charge in [-0.15, -0.1) is 0 Å². The molecule has 0 spiro atoms. The van der Waals surface area contributed by atoms with Crippen LogP contribution in [0.4, 0.5) is 0 Å². The number of ether oxygens (including phenoxy) is 2. The number of rotatable bonds is 9. The standard InChI is InChI=1S/C15H23NO4/c1-12-3-4-13(2)14(11-12)20-8-5-15(18)16-6-9-19-10-7-17/h3-4,11,17H,5-10H2,1-2H3,(H,16,18). The zero-order valence-corrected chi connectivity index (χ0v) is 12.1. The van der Waals surface area contributed by atoms with Crippen molar-refractivity contribution in [2.24, 2.45) is 0 Å². The first-order valence-electron chi connectivity index (χ1n) is 6.79. The number of aliphatic hydroxyl groups is 1. The molecule has 0 saturated carbocycles. The van der Waals surface area contributed by atoms with Crippen molar-refractivity contribution in [1.82, 2.24) is 5.32 Å². The topological polar surface area (TPSA) is 67.8 Å². The molecule has 5 heteroatoms. The van der Waals surface area contributed by atoms with Crippen LogP contribution in [0.1, 0.15) is 17.5 Å². The van der Waals surface area contributed by atoms with Gasteiger partial charge in [-0.05, 0) is 31.0 Å². The Hall–Kier alpha value is -1.59. The van der Waals surface area contributed by atoms with Gasteiger partial charge in [0, 0.05) is 6.54 Å². The number of carbonyl (C=O) groups is 1. The normalized spacial score (nSPS) is 10.3. The number of amides is 1. The fourth-order valence-electron chi connectivity index (χ4n) is 1.63. The van der Waals surface area contributed by atoms with Gasteiger partial charge in [0.2, 0.25) is 5.91 Å². The maximum atomic E-state index is 11.5. The molecule has 0 saturated heterocycles. The first-order chi connectivity index (χ1) is 9.63. The minimum atomic E-state index is -0.0668. The highest BCUT2D eigenvalue weighted by Gasteiger charge is 2.03. The van der Waals surface area contributed by atoms with E-state index in [-0.39, 0.29) is 12.5 Å². The molecule has 20 heavy (non-hydrogen) atoms. The van der Waals surface area contributed by atoms with Gasteiger partial charge in [0.15, 0.2) is 0 Å². The zero-order valence-electron chi connectivity index (χ0n) is 12.1. The molecule has 1 aromatic carbocycles. The van der Waals surface area contributed by atoms with Crippen molar-refractivity contribution in [1.29, 1.82) is 0 Å². The molecule has 1 amide bonds. The van der Waals surface area contributed by atoms with E-state index in [4.69, 9.17) is 14.6 Å². The summed E-state index contributed by atoms with van der Waals surface area (Å²) in [4.78, 5) is 11.5. The van der Waals surface area contributed by atoms with Crippen molar-refractivity contribution in [2.45, 2.75) is 20.3 Å². The summed E-state index contributed by atoms with van der Waals surface area (Å²) in [6.45, 7) is 5.49. The maximum Gasteiger partial charge on any atom is 0.223 e. The highest BCUT2D eigenvalue weighted by molar-refractivity contribution is 5.75. The van der Waals surface area contributed by atoms with E-state index in [0.717, 1.165) is 16.9 Å². The van der Waals surface area contributed by atoms with E-state index in [1.807, 2.05) is 32.0 Å². The number of nitrogens with one attached hydrogen (secondary N) is 1. The molecule has 1 rings (SSSR count). The van der Waals surface area contributed by atoms with Crippen LogP contribution in [0.25, 0.3) is 0 Å². The van der Waals surface area contributed by atoms with Crippen LogP contribution in [0.2, 0.25) is 0 Å². The number of aryl methyl sites for hydroxylation is 2. The van der Waals surface area contributed by atoms with Crippen molar-refractivity contribution >= 4 is 5.91 Å². The lowest BCUT2D eigenvalue weighted by molar-refractivity contribution is -0.121. The first kappa shape index (κ1) is 16.5. The van der Waals surface area contributed by atoms with Crippen molar-refractivity contribution in [3.8, 4) is 5.75 Å². The summed E-state index contributed by atoms with van der Waals surface area (Å²) in [7, 11) is 0. The molecule has 0 aromatic heterocycles. The quantitative estimate of drug-likeness (QED) is 0.667. The second-order valence-electron chi connectivity index (χ2n) is 4.55. The molecule has 0 heterocycles. The van der Waals surface area contributed by atoms with Gasteiger partial charge in [-0.3, -0.25) is 4.79 Å². The van der Waals surface area contributed by atoms with E-state index in [9.17, 15) is 4.79 Å². The van der Waals surface area contributed by atoms with Crippen LogP contribution in [0.3, 0.4) is 0 Å². The van der Waals surface area contributed by atoms with Gasteiger partial charge in [0.05, 0.1) is 32.8 Å². The molecule has 2 N–H and O–H groups in total. The van der Waals surface area contributed by atoms with Crippen LogP contribution in [-0.4, -0.2) is 44.0 Å². The van der Waals surface area contributed by atoms with Crippen molar-refractivity contribution in [3.63, 3.8) is 0 Å². The predicted octanol–water partition coefficient (Wildman–Crippen LogP) is 1.20. The smallest absolute Gasteiger partial charge is 0.223 e. The summed E-state index contributed by atoms with van der Waals surface area (Å²) in [5, 5.41) is 11.2. The van der Waals surface area contributed by atoms with E-state index in [0.29, 0.717) is 32.8 Å². The van der Waals surface area contributed by atoms with Crippen molar-refractivity contribution in [3.05, 3.63) is 29.3 Å². The number of hydrogen-bond donors (Lipinski definition) is 2. The molecular formula is C15H23NO4. The van der Waals surface area contributed by atoms with Crippen LogP contribution in [-0.2, 0) is 9.53 Å². The molecule has 112 valence electrons. The Morgan fingerprint density at radius 3 is 2.80 bits per heavy atom. The predicted molar refractivity (Wildman–Crippen MR) is 76.9 cm³/mol. The minimum Gasteiger partial charge on any atom is -0.493 e. The Morgan fingerprint density at radius 1 is 1.25 bits per heavy atom. The molecule has 0 bridgehead atoms. The van der Waals surface area contributed by atoms with Gasteiger partial charge in [-0.25, -0.2) is 0 Å². The van der Waals surface area contributed by atoms with Crippen LogP contribution in [0, 0.1) is 13.8 Å². The molecule has 0 aliphatic heterocycles. The molecule has 1 aromatic rings. The first-order valence-corrected chi connectivity index (χ1v) is 6.79. The summed E-state index contributed by atoms with van der Waals surface area (Å²) < 4.78 is 10.6. The average Bonchev–Trinajstić information content (AvgIpc) is 2.42. The Balaban J connectivity index is 2.17. The van der Waals surface area contributed by atoms with E-state index >= 15 is 0 Å². The lowest BCUT2D eigenvalue weighted by Gasteiger charge is -2.10. The molecular weight excluding hydrogens is 258 g/mol. The summed E-state index contributed by atoms with van der Waals surface area (Å²) in [6.07, 6.45) is 0.313. The van der Waals surface area contributed by atoms with Gasteiger partial charge in [0.25, 0.3) is 0 Å². The van der Waals surface area contributed by atoms with Gasteiger partial charge >= 0.3 is 0 Å². The molecule has 0 aliphatic rings. The summed E-state index contributed by atoms with van der Waals surface area (Å²) in [6, 6.07) is 6.00. The molecule has 0 unspecified atom stereocenters. The molecule has 5 nitrogen and oxygen atoms in total. The highest BCUT2D eigenvalue weighted by atomic mass is 16.5. The van der Waals surface area contributed by atoms with Gasteiger partial charge in [0.1, 0.15) is 5.75 Å². The highest BCUT2D eigenvalue weighted by Crippen LogP contribution is 2.19. The second kappa shape index (κ2) is 9.34. The average molecular weight is 281 g/mol. The third kappa shape index (κ3) is 6.54. The van der Waals surface area contributed by atoms with Gasteiger partial charge < -0.3 is 19.9 Å². The fourth-order valence-corrected chi connectivity index (χ4v) is 1.63. The van der Waals surface area contributed by atoms with E-state index in [2.05, 4.69) is 5.32 Å². The summed E-state index contributed by atoms with van der Waals surface area (Å²) >= 11 is 0. The van der Waals surface area contributed by atoms with Crippen LogP contribution in [0.5, 0.6) is 5.75 Å². The fraction of sp³-hybridized carbons (Fsp3) is 0.533. The van der Waals surface area contributed by atoms with Crippen LogP contribution in [0.15, 0.2) is 18.2 Å². The van der Waals surface area contributed by atoms with Crippen LogP contribution >= 0.6 is 0 Å². The monoisotopic (exact) mass is 281 g/mol. The Kier molecular flexibility index (Phi) is 7.69. The van der Waals surface area contributed by atoms with Crippen LogP contribution < -0.4 is 10.1 Å². The Labute approximate surface area is 119 Å². The number of hydrogen-bond acceptors (Lipinski definition) is 4. The lowest BCUT2D eigenvalue weighted by atomic mass is 10.1. The number of carbonyl (C=O) groups excluding carboxylic acids is 1. The third-order valence-corrected chi connectivity index (χ3v) is 2.73. The summed E-state index contributed by atoms with van der Waals surface area (Å²) in [5.74, 6) is 0.756. The SMILES string of the molecule is Cc1ccc(C)c(OCCC(=O)NCCOCCO)c1. The van der Waals surface area contributed by atoms with Gasteiger partial charge in [-0.1, -0.05) is 12.1 Å². The molecule has 0 aliphatic carbocycles. The van der Waals surface area contributed by atoms with Crippen molar-refractivity contribution < 1.29 is 19.4 Å². The third-order valence-electron chi connectivity index (χ3n) is 2.73. The van der Waals surface area contributed by atoms with E-state index in [1.54, 1.807) is 0 Å².